The van der Waals surface area contributed by atoms with Crippen molar-refractivity contribution in [2.75, 3.05) is 19.6 Å². The fourth-order valence-electron chi connectivity index (χ4n) is 2.46. The maximum absolute atomic E-state index is 5.85. The van der Waals surface area contributed by atoms with Crippen LogP contribution < -0.4 is 5.73 Å². The van der Waals surface area contributed by atoms with E-state index in [1.807, 2.05) is 6.92 Å². The Morgan fingerprint density at radius 3 is 2.35 bits per heavy atom. The van der Waals surface area contributed by atoms with E-state index in [4.69, 9.17) is 5.73 Å². The molecule has 0 amide bonds. The van der Waals surface area contributed by atoms with Crippen molar-refractivity contribution in [2.45, 2.75) is 38.6 Å². The molecule has 1 aromatic carbocycles. The van der Waals surface area contributed by atoms with Gasteiger partial charge in [-0.15, -0.1) is 0 Å². The zero-order valence-corrected chi connectivity index (χ0v) is 10.9. The first-order chi connectivity index (χ1) is 8.25. The summed E-state index contributed by atoms with van der Waals surface area (Å²) in [5, 5.41) is 0. The van der Waals surface area contributed by atoms with E-state index in [0.29, 0.717) is 0 Å². The van der Waals surface area contributed by atoms with Gasteiger partial charge in [0.2, 0.25) is 0 Å². The van der Waals surface area contributed by atoms with Gasteiger partial charge in [0.05, 0.1) is 0 Å². The van der Waals surface area contributed by atoms with Gasteiger partial charge in [-0.25, -0.2) is 0 Å². The summed E-state index contributed by atoms with van der Waals surface area (Å²) in [6.07, 6.45) is 5.34. The minimum absolute atomic E-state index is 0.145. The first-order valence-corrected chi connectivity index (χ1v) is 6.82. The van der Waals surface area contributed by atoms with Gasteiger partial charge in [-0.3, -0.25) is 0 Å². The summed E-state index contributed by atoms with van der Waals surface area (Å²) in [5.41, 5.74) is 8.51. The van der Waals surface area contributed by atoms with E-state index < -0.39 is 0 Å². The summed E-state index contributed by atoms with van der Waals surface area (Å²) in [4.78, 5) is 2.59. The largest absolute Gasteiger partial charge is 0.324 e. The van der Waals surface area contributed by atoms with Gasteiger partial charge in [-0.1, -0.05) is 30.7 Å². The van der Waals surface area contributed by atoms with Crippen LogP contribution in [0, 0.1) is 0 Å². The summed E-state index contributed by atoms with van der Waals surface area (Å²) >= 11 is 0. The number of rotatable bonds is 4. The molecule has 1 fully saturated rings. The second kappa shape index (κ2) is 6.18. The summed E-state index contributed by atoms with van der Waals surface area (Å²) in [5.74, 6) is 0. The summed E-state index contributed by atoms with van der Waals surface area (Å²) < 4.78 is 0. The molecule has 0 radical (unpaired) electrons. The Balaban J connectivity index is 1.82. The van der Waals surface area contributed by atoms with Crippen LogP contribution in [0.4, 0.5) is 0 Å². The molecule has 1 atom stereocenters. The third kappa shape index (κ3) is 3.83. The molecule has 2 nitrogen and oxygen atoms in total. The van der Waals surface area contributed by atoms with E-state index in [9.17, 15) is 0 Å². The first-order valence-electron chi connectivity index (χ1n) is 6.82. The molecule has 1 heterocycles. The maximum Gasteiger partial charge on any atom is 0.0266 e. The zero-order chi connectivity index (χ0) is 12.1. The van der Waals surface area contributed by atoms with Gasteiger partial charge < -0.3 is 10.6 Å². The molecule has 1 saturated heterocycles. The van der Waals surface area contributed by atoms with Crippen LogP contribution in [0.5, 0.6) is 0 Å². The molecule has 2 heteroatoms. The van der Waals surface area contributed by atoms with E-state index in [1.165, 1.54) is 56.4 Å². The zero-order valence-electron chi connectivity index (χ0n) is 10.9. The number of hydrogen-bond acceptors (Lipinski definition) is 2. The van der Waals surface area contributed by atoms with Crippen molar-refractivity contribution < 1.29 is 0 Å². The third-order valence-electron chi connectivity index (χ3n) is 3.67. The Morgan fingerprint density at radius 1 is 1.12 bits per heavy atom. The molecule has 0 saturated carbocycles. The van der Waals surface area contributed by atoms with Crippen molar-refractivity contribution >= 4 is 0 Å². The van der Waals surface area contributed by atoms with Crippen molar-refractivity contribution in [3.63, 3.8) is 0 Å². The second-order valence-electron chi connectivity index (χ2n) is 5.18. The van der Waals surface area contributed by atoms with Crippen LogP contribution in [-0.2, 0) is 6.42 Å². The lowest BCUT2D eigenvalue weighted by atomic mass is 10.0. The quantitative estimate of drug-likeness (QED) is 0.865. The first kappa shape index (κ1) is 12.6. The topological polar surface area (TPSA) is 29.3 Å². The molecule has 2 N–H and O–H groups in total. The Kier molecular flexibility index (Phi) is 4.57. The average Bonchev–Trinajstić information content (AvgIpc) is 2.38. The van der Waals surface area contributed by atoms with Gasteiger partial charge in [-0.2, -0.15) is 0 Å². The van der Waals surface area contributed by atoms with Gasteiger partial charge >= 0.3 is 0 Å². The average molecular weight is 232 g/mol. The van der Waals surface area contributed by atoms with E-state index in [2.05, 4.69) is 29.2 Å². The van der Waals surface area contributed by atoms with Crippen LogP contribution in [-0.4, -0.2) is 24.5 Å². The number of nitrogens with two attached hydrogens (primary N) is 1. The summed E-state index contributed by atoms with van der Waals surface area (Å²) in [6.45, 7) is 5.82. The molecule has 1 aliphatic rings. The maximum atomic E-state index is 5.85. The molecule has 0 spiro atoms. The van der Waals surface area contributed by atoms with Crippen LogP contribution in [0.15, 0.2) is 24.3 Å². The van der Waals surface area contributed by atoms with Gasteiger partial charge in [0.1, 0.15) is 0 Å². The fraction of sp³-hybridized carbons (Fsp3) is 0.600. The van der Waals surface area contributed by atoms with Crippen LogP contribution in [0.3, 0.4) is 0 Å². The normalized spacial score (nSPS) is 19.2. The molecule has 0 aliphatic carbocycles. The monoisotopic (exact) mass is 232 g/mol. The van der Waals surface area contributed by atoms with Crippen molar-refractivity contribution in [3.8, 4) is 0 Å². The molecule has 0 bridgehead atoms. The van der Waals surface area contributed by atoms with Crippen molar-refractivity contribution in [1.29, 1.82) is 0 Å². The standard InChI is InChI=1S/C15H24N2/c1-13(16)15-7-5-14(6-8-15)9-12-17-10-3-2-4-11-17/h5-8,13H,2-4,9-12,16H2,1H3. The molecule has 1 aliphatic heterocycles. The second-order valence-corrected chi connectivity index (χ2v) is 5.18. The van der Waals surface area contributed by atoms with E-state index in [1.54, 1.807) is 0 Å². The summed E-state index contributed by atoms with van der Waals surface area (Å²) in [6, 6.07) is 8.92. The number of piperidine rings is 1. The van der Waals surface area contributed by atoms with Crippen LogP contribution in [0.2, 0.25) is 0 Å². The highest BCUT2D eigenvalue weighted by Crippen LogP contribution is 2.13. The SMILES string of the molecule is CC(N)c1ccc(CCN2CCCCC2)cc1. The lowest BCUT2D eigenvalue weighted by Crippen LogP contribution is -2.31. The molecule has 2 rings (SSSR count). The Hall–Kier alpha value is -0.860. The van der Waals surface area contributed by atoms with Crippen molar-refractivity contribution in [1.82, 2.24) is 4.90 Å². The van der Waals surface area contributed by atoms with Crippen LogP contribution in [0.1, 0.15) is 43.4 Å². The fourth-order valence-corrected chi connectivity index (χ4v) is 2.46. The Morgan fingerprint density at radius 2 is 1.76 bits per heavy atom. The molecule has 1 aromatic rings. The summed E-state index contributed by atoms with van der Waals surface area (Å²) in [7, 11) is 0. The van der Waals surface area contributed by atoms with Crippen molar-refractivity contribution in [3.05, 3.63) is 35.4 Å². The minimum atomic E-state index is 0.145. The van der Waals surface area contributed by atoms with E-state index in [-0.39, 0.29) is 6.04 Å². The van der Waals surface area contributed by atoms with Crippen LogP contribution in [0.25, 0.3) is 0 Å². The van der Waals surface area contributed by atoms with Gasteiger partial charge in [0, 0.05) is 12.6 Å². The van der Waals surface area contributed by atoms with Crippen LogP contribution >= 0.6 is 0 Å². The van der Waals surface area contributed by atoms with Gasteiger partial charge in [-0.05, 0) is 50.4 Å². The van der Waals surface area contributed by atoms with Crippen molar-refractivity contribution in [2.24, 2.45) is 5.73 Å². The number of benzene rings is 1. The number of likely N-dealkylation sites (tertiary alicyclic amines) is 1. The molecule has 94 valence electrons. The molecule has 1 unspecified atom stereocenters. The molecular weight excluding hydrogens is 208 g/mol. The van der Waals surface area contributed by atoms with E-state index in [0.717, 1.165) is 0 Å². The lowest BCUT2D eigenvalue weighted by Gasteiger charge is -2.26. The minimum Gasteiger partial charge on any atom is -0.324 e. The van der Waals surface area contributed by atoms with Gasteiger partial charge in [0.15, 0.2) is 0 Å². The lowest BCUT2D eigenvalue weighted by molar-refractivity contribution is 0.231. The van der Waals surface area contributed by atoms with Gasteiger partial charge in [0.25, 0.3) is 0 Å². The number of nitrogens with zero attached hydrogens (tertiary/aromatic N) is 1. The molecule has 17 heavy (non-hydrogen) atoms. The highest BCUT2D eigenvalue weighted by molar-refractivity contribution is 5.24. The highest BCUT2D eigenvalue weighted by atomic mass is 15.1. The molecule has 0 aromatic heterocycles. The smallest absolute Gasteiger partial charge is 0.0266 e. The highest BCUT2D eigenvalue weighted by Gasteiger charge is 2.09. The molecular formula is C15H24N2. The van der Waals surface area contributed by atoms with E-state index >= 15 is 0 Å². The Labute approximate surface area is 105 Å². The Bertz CT molecular complexity index is 323. The number of hydrogen-bond donors (Lipinski definition) is 1. The predicted molar refractivity (Wildman–Crippen MR) is 73.0 cm³/mol. The predicted octanol–water partition coefficient (Wildman–Crippen LogP) is 2.73. The third-order valence-corrected chi connectivity index (χ3v) is 3.67.